The highest BCUT2D eigenvalue weighted by atomic mass is 15.1. The van der Waals surface area contributed by atoms with Crippen molar-refractivity contribution in [2.45, 2.75) is 5.41 Å². The molecule has 11 rings (SSSR count). The topological polar surface area (TPSA) is 8.17 Å². The lowest BCUT2D eigenvalue weighted by Gasteiger charge is -2.34. The number of benzene rings is 9. The lowest BCUT2D eigenvalue weighted by Crippen LogP contribution is -2.28. The van der Waals surface area contributed by atoms with E-state index in [1.54, 1.807) is 0 Å². The Bertz CT molecular complexity index is 2980. The van der Waals surface area contributed by atoms with Crippen LogP contribution in [0.2, 0.25) is 0 Å². The minimum atomic E-state index is -0.448. The molecule has 0 saturated heterocycles. The van der Waals surface area contributed by atoms with E-state index >= 15 is 0 Å². The van der Waals surface area contributed by atoms with Crippen LogP contribution in [0.1, 0.15) is 22.3 Å². The Labute approximate surface area is 320 Å². The Hall–Kier alpha value is -7.16. The molecule has 2 heteroatoms. The molecule has 1 heterocycles. The van der Waals surface area contributed by atoms with Crippen molar-refractivity contribution < 1.29 is 0 Å². The molecule has 0 saturated carbocycles. The molecular formula is C53H36N2. The first kappa shape index (κ1) is 31.4. The Kier molecular flexibility index (Phi) is 7.11. The largest absolute Gasteiger partial charge is 0.310 e. The van der Waals surface area contributed by atoms with Gasteiger partial charge in [-0.1, -0.05) is 164 Å². The van der Waals surface area contributed by atoms with E-state index in [2.05, 4.69) is 228 Å². The molecule has 10 aromatic rings. The normalized spacial score (nSPS) is 12.9. The van der Waals surface area contributed by atoms with Crippen molar-refractivity contribution in [3.63, 3.8) is 0 Å². The number of fused-ring (bicyclic) bond motifs is 7. The fourth-order valence-electron chi connectivity index (χ4n) is 9.29. The van der Waals surface area contributed by atoms with Crippen molar-refractivity contribution in [1.29, 1.82) is 0 Å². The zero-order valence-corrected chi connectivity index (χ0v) is 30.2. The second-order valence-electron chi connectivity index (χ2n) is 14.5. The number of hydrogen-bond donors (Lipinski definition) is 0. The van der Waals surface area contributed by atoms with Gasteiger partial charge in [0.25, 0.3) is 0 Å². The maximum atomic E-state index is 2.41. The van der Waals surface area contributed by atoms with Crippen LogP contribution in [-0.4, -0.2) is 4.57 Å². The highest BCUT2D eigenvalue weighted by Gasteiger charge is 2.45. The van der Waals surface area contributed by atoms with Gasteiger partial charge in [-0.15, -0.1) is 0 Å². The third-order valence-corrected chi connectivity index (χ3v) is 11.6. The predicted molar refractivity (Wildman–Crippen MR) is 230 cm³/mol. The summed E-state index contributed by atoms with van der Waals surface area (Å²) in [6.45, 7) is 0. The first-order valence-electron chi connectivity index (χ1n) is 19.0. The molecule has 1 aliphatic rings. The second kappa shape index (κ2) is 12.5. The summed E-state index contributed by atoms with van der Waals surface area (Å²) in [4.78, 5) is 2.41. The van der Waals surface area contributed by atoms with Gasteiger partial charge in [-0.2, -0.15) is 0 Å². The first-order valence-corrected chi connectivity index (χ1v) is 19.0. The van der Waals surface area contributed by atoms with E-state index in [4.69, 9.17) is 0 Å². The molecular weight excluding hydrogens is 665 g/mol. The summed E-state index contributed by atoms with van der Waals surface area (Å²) >= 11 is 0. The molecule has 0 amide bonds. The van der Waals surface area contributed by atoms with E-state index in [-0.39, 0.29) is 0 Å². The van der Waals surface area contributed by atoms with Gasteiger partial charge in [0.05, 0.1) is 16.4 Å². The molecule has 0 unspecified atom stereocenters. The number of aromatic nitrogens is 1. The fourth-order valence-corrected chi connectivity index (χ4v) is 9.29. The molecule has 1 aromatic heterocycles. The zero-order chi connectivity index (χ0) is 36.3. The van der Waals surface area contributed by atoms with Gasteiger partial charge in [-0.25, -0.2) is 0 Å². The smallest absolute Gasteiger partial charge is 0.0713 e. The molecule has 0 spiro atoms. The van der Waals surface area contributed by atoms with Crippen molar-refractivity contribution in [2.24, 2.45) is 0 Å². The Morgan fingerprint density at radius 1 is 0.345 bits per heavy atom. The summed E-state index contributed by atoms with van der Waals surface area (Å²) in [6.07, 6.45) is 0. The van der Waals surface area contributed by atoms with Crippen LogP contribution in [-0.2, 0) is 5.41 Å². The van der Waals surface area contributed by atoms with Crippen molar-refractivity contribution in [2.75, 3.05) is 4.90 Å². The van der Waals surface area contributed by atoms with Crippen LogP contribution >= 0.6 is 0 Å². The van der Waals surface area contributed by atoms with Gasteiger partial charge in [-0.3, -0.25) is 0 Å². The van der Waals surface area contributed by atoms with Gasteiger partial charge < -0.3 is 9.47 Å². The number of para-hydroxylation sites is 2. The predicted octanol–water partition coefficient (Wildman–Crippen LogP) is 13.8. The summed E-state index contributed by atoms with van der Waals surface area (Å²) in [5.41, 5.74) is 14.1. The minimum Gasteiger partial charge on any atom is -0.310 e. The summed E-state index contributed by atoms with van der Waals surface area (Å²) in [5.74, 6) is 0. The van der Waals surface area contributed by atoms with Gasteiger partial charge in [0.15, 0.2) is 0 Å². The van der Waals surface area contributed by atoms with E-state index in [1.165, 1.54) is 66.0 Å². The quantitative estimate of drug-likeness (QED) is 0.168. The average Bonchev–Trinajstić information content (AvgIpc) is 3.75. The monoisotopic (exact) mass is 700 g/mol. The highest BCUT2D eigenvalue weighted by Crippen LogP contribution is 2.56. The molecule has 9 aromatic carbocycles. The van der Waals surface area contributed by atoms with Crippen LogP contribution in [0.25, 0.3) is 49.4 Å². The van der Waals surface area contributed by atoms with E-state index in [1.807, 2.05) is 0 Å². The lowest BCUT2D eigenvalue weighted by atomic mass is 9.68. The van der Waals surface area contributed by atoms with Gasteiger partial charge in [0.2, 0.25) is 0 Å². The molecule has 55 heavy (non-hydrogen) atoms. The van der Waals surface area contributed by atoms with Crippen molar-refractivity contribution in [3.05, 3.63) is 241 Å². The zero-order valence-electron chi connectivity index (χ0n) is 30.2. The van der Waals surface area contributed by atoms with Crippen LogP contribution in [0.4, 0.5) is 17.1 Å². The average molecular weight is 701 g/mol. The van der Waals surface area contributed by atoms with Crippen LogP contribution in [0.3, 0.4) is 0 Å². The Morgan fingerprint density at radius 2 is 0.873 bits per heavy atom. The Morgan fingerprint density at radius 3 is 1.62 bits per heavy atom. The van der Waals surface area contributed by atoms with Gasteiger partial charge >= 0.3 is 0 Å². The standard InChI is InChI=1S/C53H36N2/c1-3-17-39(18-4-1)53(49-24-12-9-21-45(49)46-22-10-13-25-50(46)53)40-28-31-42(32-29-40)54(43-30-27-37-15-7-8-16-38(37)35-43)44-33-34-48-47-23-11-14-26-51(47)55(52(48)36-44)41-19-5-2-6-20-41/h1-36H. The SMILES string of the molecule is c1ccc(-n2c3ccccc3c3ccc(N(c4ccc(C5(c6ccccc6)c6ccccc6-c6ccccc65)cc4)c4ccc5ccccc5c4)cc32)cc1. The Balaban J connectivity index is 1.14. The van der Waals surface area contributed by atoms with E-state index < -0.39 is 5.41 Å². The second-order valence-corrected chi connectivity index (χ2v) is 14.5. The molecule has 0 bridgehead atoms. The molecule has 0 aliphatic heterocycles. The number of rotatable bonds is 6. The fraction of sp³-hybridized carbons (Fsp3) is 0.0189. The molecule has 0 radical (unpaired) electrons. The minimum absolute atomic E-state index is 0.448. The van der Waals surface area contributed by atoms with Gasteiger partial charge in [-0.05, 0) is 98.8 Å². The van der Waals surface area contributed by atoms with E-state index in [0.717, 1.165) is 22.7 Å². The third-order valence-electron chi connectivity index (χ3n) is 11.6. The van der Waals surface area contributed by atoms with Crippen LogP contribution < -0.4 is 4.90 Å². The number of anilines is 3. The van der Waals surface area contributed by atoms with Crippen LogP contribution in [0, 0.1) is 0 Å². The maximum Gasteiger partial charge on any atom is 0.0713 e. The van der Waals surface area contributed by atoms with Gasteiger partial charge in [0, 0.05) is 33.5 Å². The lowest BCUT2D eigenvalue weighted by molar-refractivity contribution is 0.768. The van der Waals surface area contributed by atoms with Crippen LogP contribution in [0.15, 0.2) is 218 Å². The summed E-state index contributed by atoms with van der Waals surface area (Å²) < 4.78 is 2.40. The third kappa shape index (κ3) is 4.75. The maximum absolute atomic E-state index is 2.41. The summed E-state index contributed by atoms with van der Waals surface area (Å²) in [6, 6.07) is 80.0. The molecule has 1 aliphatic carbocycles. The van der Waals surface area contributed by atoms with Crippen LogP contribution in [0.5, 0.6) is 0 Å². The molecule has 2 nitrogen and oxygen atoms in total. The first-order chi connectivity index (χ1) is 27.3. The van der Waals surface area contributed by atoms with Crippen molar-refractivity contribution in [1.82, 2.24) is 4.57 Å². The number of hydrogen-bond acceptors (Lipinski definition) is 1. The van der Waals surface area contributed by atoms with Crippen molar-refractivity contribution >= 4 is 49.6 Å². The van der Waals surface area contributed by atoms with E-state index in [9.17, 15) is 0 Å². The highest BCUT2D eigenvalue weighted by molar-refractivity contribution is 6.10. The molecule has 0 N–H and O–H groups in total. The number of nitrogens with zero attached hydrogens (tertiary/aromatic N) is 2. The van der Waals surface area contributed by atoms with Crippen molar-refractivity contribution in [3.8, 4) is 16.8 Å². The molecule has 0 atom stereocenters. The molecule has 0 fully saturated rings. The summed E-state index contributed by atoms with van der Waals surface area (Å²) in [5, 5.41) is 4.92. The molecule has 258 valence electrons. The van der Waals surface area contributed by atoms with E-state index in [0.29, 0.717) is 0 Å². The summed E-state index contributed by atoms with van der Waals surface area (Å²) in [7, 11) is 0. The van der Waals surface area contributed by atoms with Gasteiger partial charge in [0.1, 0.15) is 0 Å².